The van der Waals surface area contributed by atoms with Crippen LogP contribution in [0.25, 0.3) is 0 Å². The first kappa shape index (κ1) is 23.0. The van der Waals surface area contributed by atoms with Crippen LogP contribution in [0.5, 0.6) is 0 Å². The number of aliphatic imine (C=N–C) groups is 1. The predicted molar refractivity (Wildman–Crippen MR) is 133 cm³/mol. The van der Waals surface area contributed by atoms with Gasteiger partial charge in [-0.25, -0.2) is 13.1 Å². The minimum Gasteiger partial charge on any atom is -0.370 e. The highest BCUT2D eigenvalue weighted by molar-refractivity contribution is 7.89. The van der Waals surface area contributed by atoms with Gasteiger partial charge in [0.1, 0.15) is 0 Å². The number of hydrogen-bond acceptors (Lipinski definition) is 5. The number of benzene rings is 3. The maximum Gasteiger partial charge on any atom is 0.240 e. The van der Waals surface area contributed by atoms with Gasteiger partial charge in [0.05, 0.1) is 17.5 Å². The Bertz CT molecular complexity index is 1200. The Hall–Kier alpha value is -3.16. The van der Waals surface area contributed by atoms with Crippen LogP contribution >= 0.6 is 0 Å². The molecular weight excluding hydrogens is 432 g/mol. The smallest absolute Gasteiger partial charge is 0.240 e. The van der Waals surface area contributed by atoms with E-state index in [0.29, 0.717) is 25.5 Å². The average molecular weight is 463 g/mol. The minimum atomic E-state index is -3.69. The van der Waals surface area contributed by atoms with Crippen LogP contribution in [0.2, 0.25) is 0 Å². The van der Waals surface area contributed by atoms with Crippen molar-refractivity contribution in [3.05, 3.63) is 102 Å². The SMILES string of the molecule is Cc1cccc(S(=O)(=O)N[C@@H](Cc2ccccc2)CN2C(N)=NC[C@@H]2Cc2ccccc2)c1. The Kier molecular flexibility index (Phi) is 7.11. The fourth-order valence-corrected chi connectivity index (χ4v) is 5.56. The van der Waals surface area contributed by atoms with Crippen molar-refractivity contribution in [2.75, 3.05) is 13.1 Å². The molecule has 0 saturated heterocycles. The van der Waals surface area contributed by atoms with E-state index >= 15 is 0 Å². The molecule has 33 heavy (non-hydrogen) atoms. The van der Waals surface area contributed by atoms with Gasteiger partial charge in [-0.3, -0.25) is 4.99 Å². The lowest BCUT2D eigenvalue weighted by atomic mass is 10.0. The van der Waals surface area contributed by atoms with E-state index in [1.165, 1.54) is 5.56 Å². The van der Waals surface area contributed by atoms with Crippen LogP contribution in [0.1, 0.15) is 16.7 Å². The Morgan fingerprint density at radius 1 is 1.00 bits per heavy atom. The third-order valence-corrected chi connectivity index (χ3v) is 7.40. The van der Waals surface area contributed by atoms with Gasteiger partial charge >= 0.3 is 0 Å². The summed E-state index contributed by atoms with van der Waals surface area (Å²) in [5.41, 5.74) is 9.42. The van der Waals surface area contributed by atoms with E-state index in [4.69, 9.17) is 5.73 Å². The molecule has 3 aromatic carbocycles. The topological polar surface area (TPSA) is 87.8 Å². The van der Waals surface area contributed by atoms with Crippen molar-refractivity contribution in [3.8, 4) is 0 Å². The van der Waals surface area contributed by atoms with E-state index in [1.807, 2.05) is 66.4 Å². The van der Waals surface area contributed by atoms with Crippen molar-refractivity contribution >= 4 is 16.0 Å². The van der Waals surface area contributed by atoms with Crippen LogP contribution in [0, 0.1) is 6.92 Å². The highest BCUT2D eigenvalue weighted by Gasteiger charge is 2.30. The number of guanidine groups is 1. The number of aryl methyl sites for hydroxylation is 1. The van der Waals surface area contributed by atoms with E-state index in [0.717, 1.165) is 17.5 Å². The molecule has 1 aliphatic rings. The van der Waals surface area contributed by atoms with Crippen molar-refractivity contribution in [2.45, 2.75) is 36.7 Å². The first-order valence-electron chi connectivity index (χ1n) is 11.1. The number of nitrogens with zero attached hydrogens (tertiary/aromatic N) is 2. The second-order valence-electron chi connectivity index (χ2n) is 8.52. The minimum absolute atomic E-state index is 0.0918. The molecule has 6 nitrogen and oxygen atoms in total. The van der Waals surface area contributed by atoms with E-state index in [9.17, 15) is 8.42 Å². The summed E-state index contributed by atoms with van der Waals surface area (Å²) >= 11 is 0. The Labute approximate surface area is 196 Å². The molecule has 1 aliphatic heterocycles. The summed E-state index contributed by atoms with van der Waals surface area (Å²) < 4.78 is 29.4. The number of sulfonamides is 1. The van der Waals surface area contributed by atoms with E-state index in [2.05, 4.69) is 21.8 Å². The van der Waals surface area contributed by atoms with Crippen LogP contribution in [0.4, 0.5) is 0 Å². The first-order valence-corrected chi connectivity index (χ1v) is 12.6. The summed E-state index contributed by atoms with van der Waals surface area (Å²) in [6.45, 7) is 2.92. The summed E-state index contributed by atoms with van der Waals surface area (Å²) in [4.78, 5) is 6.77. The zero-order chi connectivity index (χ0) is 23.3. The van der Waals surface area contributed by atoms with Gasteiger partial charge in [-0.05, 0) is 48.6 Å². The number of nitrogens with two attached hydrogens (primary N) is 1. The standard InChI is InChI=1S/C26H30N4O2S/c1-20-9-8-14-25(15-20)33(31,32)29-23(16-21-10-4-2-5-11-21)19-30-24(18-28-26(30)27)17-22-12-6-3-7-13-22/h2-15,23-24,29H,16-19H2,1H3,(H2,27,28)/t23-,24-/m0/s1. The van der Waals surface area contributed by atoms with Gasteiger partial charge < -0.3 is 10.6 Å². The summed E-state index contributed by atoms with van der Waals surface area (Å²) in [6, 6.07) is 26.8. The lowest BCUT2D eigenvalue weighted by Gasteiger charge is -2.31. The monoisotopic (exact) mass is 462 g/mol. The van der Waals surface area contributed by atoms with Crippen molar-refractivity contribution in [3.63, 3.8) is 0 Å². The lowest BCUT2D eigenvalue weighted by molar-refractivity contribution is 0.307. The summed E-state index contributed by atoms with van der Waals surface area (Å²) in [6.07, 6.45) is 1.35. The van der Waals surface area contributed by atoms with Crippen LogP contribution in [-0.2, 0) is 22.9 Å². The van der Waals surface area contributed by atoms with Crippen molar-refractivity contribution < 1.29 is 8.42 Å². The zero-order valence-corrected chi connectivity index (χ0v) is 19.6. The Morgan fingerprint density at radius 2 is 1.67 bits per heavy atom. The molecule has 2 atom stereocenters. The van der Waals surface area contributed by atoms with Gasteiger partial charge in [-0.1, -0.05) is 72.8 Å². The van der Waals surface area contributed by atoms with Gasteiger partial charge in [0.15, 0.2) is 5.96 Å². The lowest BCUT2D eigenvalue weighted by Crippen LogP contribution is -2.51. The predicted octanol–water partition coefficient (Wildman–Crippen LogP) is 3.13. The van der Waals surface area contributed by atoms with Crippen LogP contribution in [0.3, 0.4) is 0 Å². The number of nitrogens with one attached hydrogen (secondary N) is 1. The molecule has 0 fully saturated rings. The zero-order valence-electron chi connectivity index (χ0n) is 18.8. The van der Waals surface area contributed by atoms with Crippen molar-refractivity contribution in [2.24, 2.45) is 10.7 Å². The molecule has 1 heterocycles. The van der Waals surface area contributed by atoms with Gasteiger partial charge in [0, 0.05) is 12.6 Å². The van der Waals surface area contributed by atoms with E-state index in [1.54, 1.807) is 18.2 Å². The van der Waals surface area contributed by atoms with E-state index < -0.39 is 10.0 Å². The molecule has 4 rings (SSSR count). The summed E-state index contributed by atoms with van der Waals surface area (Å²) in [5.74, 6) is 0.462. The molecule has 3 aromatic rings. The molecule has 0 aromatic heterocycles. The molecule has 172 valence electrons. The molecule has 0 saturated carbocycles. The first-order chi connectivity index (χ1) is 15.9. The molecule has 0 aliphatic carbocycles. The fourth-order valence-electron chi connectivity index (χ4n) is 4.23. The van der Waals surface area contributed by atoms with Crippen LogP contribution in [0.15, 0.2) is 94.8 Å². The molecule has 0 unspecified atom stereocenters. The molecular formula is C26H30N4O2S. The highest BCUT2D eigenvalue weighted by atomic mass is 32.2. The van der Waals surface area contributed by atoms with Crippen molar-refractivity contribution in [1.82, 2.24) is 9.62 Å². The molecule has 0 radical (unpaired) electrons. The third-order valence-electron chi connectivity index (χ3n) is 5.88. The van der Waals surface area contributed by atoms with Crippen LogP contribution in [-0.4, -0.2) is 44.5 Å². The van der Waals surface area contributed by atoms with Gasteiger partial charge in [0.2, 0.25) is 10.0 Å². The van der Waals surface area contributed by atoms with Gasteiger partial charge in [0.25, 0.3) is 0 Å². The van der Waals surface area contributed by atoms with Gasteiger partial charge in [-0.2, -0.15) is 0 Å². The highest BCUT2D eigenvalue weighted by Crippen LogP contribution is 2.18. The summed E-state index contributed by atoms with van der Waals surface area (Å²) in [5, 5.41) is 0. The molecule has 0 bridgehead atoms. The molecule has 7 heteroatoms. The number of hydrogen-bond donors (Lipinski definition) is 2. The second kappa shape index (κ2) is 10.2. The maximum atomic E-state index is 13.2. The average Bonchev–Trinajstić information content (AvgIpc) is 3.14. The Balaban J connectivity index is 1.56. The largest absolute Gasteiger partial charge is 0.370 e. The fraction of sp³-hybridized carbons (Fsp3) is 0.269. The Morgan fingerprint density at radius 3 is 2.33 bits per heavy atom. The van der Waals surface area contributed by atoms with E-state index in [-0.39, 0.29) is 17.0 Å². The normalized spacial score (nSPS) is 17.1. The van der Waals surface area contributed by atoms with Crippen LogP contribution < -0.4 is 10.5 Å². The summed E-state index contributed by atoms with van der Waals surface area (Å²) in [7, 11) is -3.69. The number of rotatable bonds is 9. The third kappa shape index (κ3) is 6.00. The molecule has 3 N–H and O–H groups in total. The quantitative estimate of drug-likeness (QED) is 0.511. The molecule has 0 amide bonds. The maximum absolute atomic E-state index is 13.2. The van der Waals surface area contributed by atoms with Crippen molar-refractivity contribution in [1.29, 1.82) is 0 Å². The second-order valence-corrected chi connectivity index (χ2v) is 10.2. The van der Waals surface area contributed by atoms with Gasteiger partial charge in [-0.15, -0.1) is 0 Å². The molecule has 0 spiro atoms.